The van der Waals surface area contributed by atoms with Gasteiger partial charge < -0.3 is 10.2 Å². The molecule has 1 fully saturated rings. The van der Waals surface area contributed by atoms with Gasteiger partial charge in [-0.15, -0.1) is 0 Å². The van der Waals surface area contributed by atoms with Crippen molar-refractivity contribution < 1.29 is 15.0 Å². The first-order chi connectivity index (χ1) is 10.6. The summed E-state index contributed by atoms with van der Waals surface area (Å²) in [6.07, 6.45) is 10.2. The molecule has 1 saturated carbocycles. The topological polar surface area (TPSA) is 57.5 Å². The Balaban J connectivity index is 2.00. The predicted molar refractivity (Wildman–Crippen MR) is 91.0 cm³/mol. The van der Waals surface area contributed by atoms with Gasteiger partial charge in [0.05, 0.1) is 11.0 Å². The SMILES string of the molecule is CC(C)(O)C1=CC2=CC[C@@H]3[C@@](C)(CCC[C@@]3(C)C(=O)O)[C@H]2CC1. The molecule has 0 aromatic carbocycles. The van der Waals surface area contributed by atoms with Crippen molar-refractivity contribution in [3.05, 3.63) is 23.3 Å². The first-order valence-corrected chi connectivity index (χ1v) is 8.96. The lowest BCUT2D eigenvalue weighted by Gasteiger charge is -2.57. The van der Waals surface area contributed by atoms with Gasteiger partial charge in [-0.25, -0.2) is 0 Å². The van der Waals surface area contributed by atoms with Crippen molar-refractivity contribution >= 4 is 5.97 Å². The molecular formula is C20H30O3. The molecule has 3 aliphatic carbocycles. The lowest BCUT2D eigenvalue weighted by atomic mass is 9.47. The quantitative estimate of drug-likeness (QED) is 0.797. The van der Waals surface area contributed by atoms with Crippen molar-refractivity contribution in [2.24, 2.45) is 22.7 Å². The lowest BCUT2D eigenvalue weighted by Crippen LogP contribution is -2.53. The van der Waals surface area contributed by atoms with Crippen LogP contribution in [0, 0.1) is 22.7 Å². The second-order valence-corrected chi connectivity index (χ2v) is 8.89. The maximum Gasteiger partial charge on any atom is 0.309 e. The van der Waals surface area contributed by atoms with Gasteiger partial charge in [0.15, 0.2) is 0 Å². The van der Waals surface area contributed by atoms with E-state index in [0.29, 0.717) is 5.92 Å². The van der Waals surface area contributed by atoms with E-state index in [2.05, 4.69) is 19.1 Å². The highest BCUT2D eigenvalue weighted by Crippen LogP contribution is 2.62. The van der Waals surface area contributed by atoms with Crippen LogP contribution >= 0.6 is 0 Å². The summed E-state index contributed by atoms with van der Waals surface area (Å²) in [5.74, 6) is 0.0206. The van der Waals surface area contributed by atoms with Crippen molar-refractivity contribution in [1.29, 1.82) is 0 Å². The molecule has 0 heterocycles. The van der Waals surface area contributed by atoms with Gasteiger partial charge in [-0.05, 0) is 81.3 Å². The van der Waals surface area contributed by atoms with Gasteiger partial charge in [-0.2, -0.15) is 0 Å². The van der Waals surface area contributed by atoms with Gasteiger partial charge in [0, 0.05) is 0 Å². The molecule has 0 saturated heterocycles. The zero-order chi connectivity index (χ0) is 17.0. The minimum absolute atomic E-state index is 0.0666. The van der Waals surface area contributed by atoms with Crippen LogP contribution in [0.3, 0.4) is 0 Å². The number of aliphatic hydroxyl groups is 1. The number of carboxylic acids is 1. The Morgan fingerprint density at radius 3 is 2.61 bits per heavy atom. The number of fused-ring (bicyclic) bond motifs is 3. The number of carbonyl (C=O) groups is 1. The smallest absolute Gasteiger partial charge is 0.309 e. The molecule has 3 aliphatic rings. The third-order valence-corrected chi connectivity index (χ3v) is 7.08. The Morgan fingerprint density at radius 1 is 1.30 bits per heavy atom. The molecular weight excluding hydrogens is 288 g/mol. The molecule has 4 atom stereocenters. The second kappa shape index (κ2) is 5.20. The van der Waals surface area contributed by atoms with Crippen LogP contribution < -0.4 is 0 Å². The number of hydrogen-bond donors (Lipinski definition) is 2. The Labute approximate surface area is 139 Å². The van der Waals surface area contributed by atoms with E-state index in [-0.39, 0.29) is 11.3 Å². The Hall–Kier alpha value is -1.09. The fourth-order valence-electron chi connectivity index (χ4n) is 5.60. The molecule has 3 nitrogen and oxygen atoms in total. The summed E-state index contributed by atoms with van der Waals surface area (Å²) in [7, 11) is 0. The van der Waals surface area contributed by atoms with Crippen LogP contribution in [0.5, 0.6) is 0 Å². The van der Waals surface area contributed by atoms with Crippen LogP contribution in [0.1, 0.15) is 66.2 Å². The average molecular weight is 318 g/mol. The summed E-state index contributed by atoms with van der Waals surface area (Å²) in [5.41, 5.74) is 1.15. The van der Waals surface area contributed by atoms with Crippen LogP contribution in [0.4, 0.5) is 0 Å². The summed E-state index contributed by atoms with van der Waals surface area (Å²) >= 11 is 0. The van der Waals surface area contributed by atoms with Crippen molar-refractivity contribution in [3.8, 4) is 0 Å². The number of allylic oxidation sites excluding steroid dienone is 3. The van der Waals surface area contributed by atoms with E-state index in [1.165, 1.54) is 5.57 Å². The van der Waals surface area contributed by atoms with Gasteiger partial charge in [0.25, 0.3) is 0 Å². The van der Waals surface area contributed by atoms with Crippen LogP contribution in [-0.4, -0.2) is 21.8 Å². The molecule has 0 aliphatic heterocycles. The van der Waals surface area contributed by atoms with Gasteiger partial charge >= 0.3 is 5.97 Å². The maximum atomic E-state index is 12.0. The van der Waals surface area contributed by atoms with Crippen molar-refractivity contribution in [2.75, 3.05) is 0 Å². The van der Waals surface area contributed by atoms with Gasteiger partial charge in [0.1, 0.15) is 0 Å². The van der Waals surface area contributed by atoms with Crippen LogP contribution in [0.15, 0.2) is 23.3 Å². The molecule has 0 radical (unpaired) electrons. The number of carboxylic acid groups (broad SMARTS) is 1. The molecule has 0 unspecified atom stereocenters. The lowest BCUT2D eigenvalue weighted by molar-refractivity contribution is -0.162. The molecule has 0 amide bonds. The van der Waals surface area contributed by atoms with E-state index in [1.54, 1.807) is 0 Å². The molecule has 3 heteroatoms. The van der Waals surface area contributed by atoms with Crippen molar-refractivity contribution in [3.63, 3.8) is 0 Å². The van der Waals surface area contributed by atoms with Gasteiger partial charge in [-0.1, -0.05) is 25.5 Å². The predicted octanol–water partition coefficient (Wildman–Crippen LogP) is 4.32. The first-order valence-electron chi connectivity index (χ1n) is 8.96. The van der Waals surface area contributed by atoms with E-state index < -0.39 is 17.0 Å². The fraction of sp³-hybridized carbons (Fsp3) is 0.750. The Kier molecular flexibility index (Phi) is 3.79. The Bertz CT molecular complexity index is 580. The summed E-state index contributed by atoms with van der Waals surface area (Å²) in [5, 5.41) is 20.1. The number of aliphatic carboxylic acids is 1. The second-order valence-electron chi connectivity index (χ2n) is 8.89. The molecule has 0 aromatic rings. The molecule has 0 bridgehead atoms. The fourth-order valence-corrected chi connectivity index (χ4v) is 5.60. The molecule has 23 heavy (non-hydrogen) atoms. The highest BCUT2D eigenvalue weighted by atomic mass is 16.4. The van der Waals surface area contributed by atoms with Crippen LogP contribution in [-0.2, 0) is 4.79 Å². The zero-order valence-corrected chi connectivity index (χ0v) is 14.9. The third kappa shape index (κ3) is 2.48. The number of hydrogen-bond acceptors (Lipinski definition) is 2. The monoisotopic (exact) mass is 318 g/mol. The zero-order valence-electron chi connectivity index (χ0n) is 14.9. The molecule has 0 spiro atoms. The van der Waals surface area contributed by atoms with E-state index in [9.17, 15) is 15.0 Å². The average Bonchev–Trinajstić information content (AvgIpc) is 2.45. The number of rotatable bonds is 2. The normalized spacial score (nSPS) is 40.6. The van der Waals surface area contributed by atoms with E-state index in [1.807, 2.05) is 20.8 Å². The van der Waals surface area contributed by atoms with Gasteiger partial charge in [-0.3, -0.25) is 4.79 Å². The summed E-state index contributed by atoms with van der Waals surface area (Å²) in [6, 6.07) is 0. The van der Waals surface area contributed by atoms with E-state index in [0.717, 1.165) is 44.1 Å². The third-order valence-electron chi connectivity index (χ3n) is 7.08. The minimum Gasteiger partial charge on any atom is -0.481 e. The van der Waals surface area contributed by atoms with E-state index in [4.69, 9.17) is 0 Å². The Morgan fingerprint density at radius 2 is 2.00 bits per heavy atom. The standard InChI is InChI=1S/C20H30O3/c1-18(2,23)14-7-8-15-13(12-14)6-9-16-19(15,3)10-5-11-20(16,4)17(21)22/h6,12,15-16,23H,5,7-11H2,1-4H3,(H,21,22)/t15-,16+,19-,20+/m0/s1. The van der Waals surface area contributed by atoms with Gasteiger partial charge in [0.2, 0.25) is 0 Å². The summed E-state index contributed by atoms with van der Waals surface area (Å²) < 4.78 is 0. The summed E-state index contributed by atoms with van der Waals surface area (Å²) in [4.78, 5) is 12.0. The molecule has 128 valence electrons. The van der Waals surface area contributed by atoms with E-state index >= 15 is 0 Å². The minimum atomic E-state index is -0.758. The van der Waals surface area contributed by atoms with Crippen LogP contribution in [0.25, 0.3) is 0 Å². The van der Waals surface area contributed by atoms with Crippen molar-refractivity contribution in [1.82, 2.24) is 0 Å². The maximum absolute atomic E-state index is 12.0. The molecule has 3 rings (SSSR count). The highest BCUT2D eigenvalue weighted by molar-refractivity contribution is 5.75. The highest BCUT2D eigenvalue weighted by Gasteiger charge is 2.57. The van der Waals surface area contributed by atoms with Crippen molar-refractivity contribution in [2.45, 2.75) is 71.8 Å². The first kappa shape index (κ1) is 16.8. The largest absolute Gasteiger partial charge is 0.481 e. The molecule has 0 aromatic heterocycles. The molecule has 2 N–H and O–H groups in total. The van der Waals surface area contributed by atoms with Crippen LogP contribution in [0.2, 0.25) is 0 Å². The summed E-state index contributed by atoms with van der Waals surface area (Å²) in [6.45, 7) is 7.99.